The van der Waals surface area contributed by atoms with Crippen LogP contribution in [0.4, 0.5) is 5.95 Å². The van der Waals surface area contributed by atoms with E-state index >= 15 is 0 Å². The van der Waals surface area contributed by atoms with Crippen LogP contribution in [0.2, 0.25) is 0 Å². The van der Waals surface area contributed by atoms with Crippen molar-refractivity contribution in [1.29, 1.82) is 0 Å². The molecule has 2 heterocycles. The van der Waals surface area contributed by atoms with Gasteiger partial charge in [-0.3, -0.25) is 10.1 Å². The molecule has 1 amide bonds. The summed E-state index contributed by atoms with van der Waals surface area (Å²) in [6, 6.07) is 0. The summed E-state index contributed by atoms with van der Waals surface area (Å²) in [4.78, 5) is 11.7. The molecule has 1 aromatic heterocycles. The highest BCUT2D eigenvalue weighted by Crippen LogP contribution is 2.19. The van der Waals surface area contributed by atoms with Gasteiger partial charge in [0.05, 0.1) is 5.54 Å². The van der Waals surface area contributed by atoms with Crippen LogP contribution < -0.4 is 10.6 Å². The zero-order valence-corrected chi connectivity index (χ0v) is 9.10. The normalized spacial score (nSPS) is 24.6. The first-order valence-corrected chi connectivity index (χ1v) is 4.51. The Morgan fingerprint density at radius 1 is 1.60 bits per heavy atom. The van der Waals surface area contributed by atoms with Gasteiger partial charge in [-0.2, -0.15) is 5.21 Å². The molecule has 1 atom stereocenters. The van der Waals surface area contributed by atoms with Crippen LogP contribution in [0.3, 0.4) is 0 Å². The molecule has 1 aliphatic rings. The van der Waals surface area contributed by atoms with Crippen LogP contribution in [0.15, 0.2) is 0 Å². The van der Waals surface area contributed by atoms with E-state index in [1.54, 1.807) is 0 Å². The topological polar surface area (TPSA) is 95.6 Å². The van der Waals surface area contributed by atoms with E-state index in [1.807, 2.05) is 6.92 Å². The maximum atomic E-state index is 11.7. The van der Waals surface area contributed by atoms with Gasteiger partial charge in [0.25, 0.3) is 5.95 Å². The van der Waals surface area contributed by atoms with E-state index in [9.17, 15) is 4.79 Å². The molecule has 84 valence electrons. The minimum atomic E-state index is -0.499. The quantitative estimate of drug-likeness (QED) is 0.651. The molecule has 0 aliphatic carbocycles. The molecular formula is C7H13ClN6O. The first kappa shape index (κ1) is 11.9. The van der Waals surface area contributed by atoms with Crippen LogP contribution in [0, 0.1) is 0 Å². The highest BCUT2D eigenvalue weighted by atomic mass is 35.5. The van der Waals surface area contributed by atoms with Crippen LogP contribution in [-0.4, -0.2) is 38.6 Å². The summed E-state index contributed by atoms with van der Waals surface area (Å²) >= 11 is 0. The molecule has 15 heavy (non-hydrogen) atoms. The van der Waals surface area contributed by atoms with Crippen LogP contribution in [0.25, 0.3) is 0 Å². The van der Waals surface area contributed by atoms with E-state index < -0.39 is 5.54 Å². The van der Waals surface area contributed by atoms with Gasteiger partial charge >= 0.3 is 0 Å². The number of aromatic nitrogens is 4. The lowest BCUT2D eigenvalue weighted by Gasteiger charge is -2.21. The van der Waals surface area contributed by atoms with Crippen molar-refractivity contribution < 1.29 is 4.79 Å². The Bertz CT molecular complexity index is 320. The van der Waals surface area contributed by atoms with Gasteiger partial charge in [-0.05, 0) is 31.5 Å². The molecule has 0 radical (unpaired) electrons. The standard InChI is InChI=1S/C7H12N6O.ClH/c1-7(3-2-4-8-7)5(14)9-6-10-12-13-11-6;/h8H,2-4H2,1H3,(H2,9,10,11,12,13,14);1H. The Hall–Kier alpha value is -1.21. The Morgan fingerprint density at radius 2 is 2.40 bits per heavy atom. The number of amides is 1. The lowest BCUT2D eigenvalue weighted by molar-refractivity contribution is -0.121. The van der Waals surface area contributed by atoms with E-state index in [4.69, 9.17) is 0 Å². The van der Waals surface area contributed by atoms with Gasteiger partial charge in [0.2, 0.25) is 5.91 Å². The van der Waals surface area contributed by atoms with Crippen molar-refractivity contribution in [2.75, 3.05) is 11.9 Å². The molecule has 7 nitrogen and oxygen atoms in total. The molecular weight excluding hydrogens is 220 g/mol. The van der Waals surface area contributed by atoms with E-state index in [2.05, 4.69) is 31.3 Å². The number of nitrogens with one attached hydrogen (secondary N) is 3. The zero-order chi connectivity index (χ0) is 10.0. The van der Waals surface area contributed by atoms with Gasteiger partial charge < -0.3 is 5.32 Å². The molecule has 0 aromatic carbocycles. The first-order valence-electron chi connectivity index (χ1n) is 4.51. The highest BCUT2D eigenvalue weighted by molar-refractivity contribution is 5.96. The number of aromatic amines is 1. The summed E-state index contributed by atoms with van der Waals surface area (Å²) in [5.74, 6) is 0.0984. The third-order valence-corrected chi connectivity index (χ3v) is 2.44. The van der Waals surface area contributed by atoms with Crippen LogP contribution in [0.1, 0.15) is 19.8 Å². The maximum absolute atomic E-state index is 11.7. The van der Waals surface area contributed by atoms with Crippen molar-refractivity contribution in [3.05, 3.63) is 0 Å². The van der Waals surface area contributed by atoms with Crippen molar-refractivity contribution in [3.8, 4) is 0 Å². The minimum absolute atomic E-state index is 0. The minimum Gasteiger partial charge on any atom is -0.304 e. The first-order chi connectivity index (χ1) is 6.71. The van der Waals surface area contributed by atoms with Crippen molar-refractivity contribution >= 4 is 24.3 Å². The lowest BCUT2D eigenvalue weighted by Crippen LogP contribution is -2.48. The number of carbonyl (C=O) groups excluding carboxylic acids is 1. The molecule has 2 rings (SSSR count). The van der Waals surface area contributed by atoms with Gasteiger partial charge in [-0.15, -0.1) is 17.5 Å². The van der Waals surface area contributed by atoms with Gasteiger partial charge in [0.1, 0.15) is 0 Å². The molecule has 3 N–H and O–H groups in total. The summed E-state index contributed by atoms with van der Waals surface area (Å²) < 4.78 is 0. The van der Waals surface area contributed by atoms with Gasteiger partial charge in [-0.25, -0.2) is 0 Å². The SMILES string of the molecule is CC1(C(=O)Nc2nn[nH]n2)CCCN1.Cl. The molecule has 1 saturated heterocycles. The number of halogens is 1. The number of hydrogen-bond donors (Lipinski definition) is 3. The number of anilines is 1. The summed E-state index contributed by atoms with van der Waals surface area (Å²) in [6.45, 7) is 2.74. The number of carbonyl (C=O) groups is 1. The predicted molar refractivity (Wildman–Crippen MR) is 55.7 cm³/mol. The summed E-state index contributed by atoms with van der Waals surface area (Å²) in [6.07, 6.45) is 1.84. The molecule has 0 bridgehead atoms. The Labute approximate surface area is 92.8 Å². The van der Waals surface area contributed by atoms with Gasteiger partial charge in [-0.1, -0.05) is 5.10 Å². The molecule has 0 spiro atoms. The molecule has 1 unspecified atom stereocenters. The number of hydrogen-bond acceptors (Lipinski definition) is 5. The fraction of sp³-hybridized carbons (Fsp3) is 0.714. The second kappa shape index (κ2) is 4.54. The Kier molecular flexibility index (Phi) is 3.59. The Balaban J connectivity index is 0.00000112. The number of H-pyrrole nitrogens is 1. The lowest BCUT2D eigenvalue weighted by atomic mass is 10.00. The van der Waals surface area contributed by atoms with Gasteiger partial charge in [0, 0.05) is 0 Å². The van der Waals surface area contributed by atoms with Crippen molar-refractivity contribution in [2.45, 2.75) is 25.3 Å². The smallest absolute Gasteiger partial charge is 0.269 e. The second-order valence-electron chi connectivity index (χ2n) is 3.55. The van der Waals surface area contributed by atoms with E-state index in [-0.39, 0.29) is 24.3 Å². The zero-order valence-electron chi connectivity index (χ0n) is 8.28. The predicted octanol–water partition coefficient (Wildman–Crippen LogP) is -0.298. The molecule has 1 aliphatic heterocycles. The van der Waals surface area contributed by atoms with Crippen molar-refractivity contribution in [3.63, 3.8) is 0 Å². The van der Waals surface area contributed by atoms with Crippen molar-refractivity contribution in [1.82, 2.24) is 25.9 Å². The van der Waals surface area contributed by atoms with Crippen molar-refractivity contribution in [2.24, 2.45) is 0 Å². The largest absolute Gasteiger partial charge is 0.304 e. The third kappa shape index (κ3) is 2.42. The Morgan fingerprint density at radius 3 is 2.93 bits per heavy atom. The highest BCUT2D eigenvalue weighted by Gasteiger charge is 2.36. The third-order valence-electron chi connectivity index (χ3n) is 2.44. The number of tetrazole rings is 1. The van der Waals surface area contributed by atoms with Crippen LogP contribution in [0.5, 0.6) is 0 Å². The van der Waals surface area contributed by atoms with E-state index in [0.717, 1.165) is 19.4 Å². The molecule has 0 saturated carbocycles. The maximum Gasteiger partial charge on any atom is 0.269 e. The summed E-state index contributed by atoms with van der Waals surface area (Å²) in [5.41, 5.74) is -0.499. The summed E-state index contributed by atoms with van der Waals surface area (Å²) in [7, 11) is 0. The fourth-order valence-electron chi connectivity index (χ4n) is 1.54. The summed E-state index contributed by atoms with van der Waals surface area (Å²) in [5, 5.41) is 18.7. The molecule has 8 heteroatoms. The second-order valence-corrected chi connectivity index (χ2v) is 3.55. The fourth-order valence-corrected chi connectivity index (χ4v) is 1.54. The number of rotatable bonds is 2. The molecule has 1 fully saturated rings. The number of nitrogens with zero attached hydrogens (tertiary/aromatic N) is 3. The monoisotopic (exact) mass is 232 g/mol. The van der Waals surface area contributed by atoms with E-state index in [0.29, 0.717) is 0 Å². The van der Waals surface area contributed by atoms with Crippen LogP contribution >= 0.6 is 12.4 Å². The average molecular weight is 233 g/mol. The average Bonchev–Trinajstić information content (AvgIpc) is 2.76. The van der Waals surface area contributed by atoms with Crippen LogP contribution in [-0.2, 0) is 4.79 Å². The van der Waals surface area contributed by atoms with Gasteiger partial charge in [0.15, 0.2) is 0 Å². The van der Waals surface area contributed by atoms with E-state index in [1.165, 1.54) is 0 Å². The molecule has 1 aromatic rings.